The highest BCUT2D eigenvalue weighted by Crippen LogP contribution is 2.34. The standard InChI is InChI=1S/C30H34FN3O6S/c1-21(2)32-30(36)26(17-22-7-5-4-6-8-22)33(19-23-9-11-24(31)12-10-23)29(35)20-34(41(3,37)38)25-13-14-27-28(18-25)40-16-15-39-27/h4-14,18,21,26H,15-17,19-20H2,1-3H3,(H,32,36). The quantitative estimate of drug-likeness (QED) is 0.370. The molecule has 0 saturated carbocycles. The first-order chi connectivity index (χ1) is 19.5. The van der Waals surface area contributed by atoms with Crippen LogP contribution in [0.1, 0.15) is 25.0 Å². The van der Waals surface area contributed by atoms with Crippen molar-refractivity contribution in [1.82, 2.24) is 10.2 Å². The molecule has 1 heterocycles. The number of anilines is 1. The lowest BCUT2D eigenvalue weighted by molar-refractivity contribution is -0.140. The zero-order valence-electron chi connectivity index (χ0n) is 23.2. The van der Waals surface area contributed by atoms with E-state index in [-0.39, 0.29) is 30.6 Å². The van der Waals surface area contributed by atoms with Crippen molar-refractivity contribution in [2.24, 2.45) is 0 Å². The molecule has 0 spiro atoms. The Morgan fingerprint density at radius 3 is 2.22 bits per heavy atom. The summed E-state index contributed by atoms with van der Waals surface area (Å²) in [6.07, 6.45) is 1.20. The smallest absolute Gasteiger partial charge is 0.244 e. The van der Waals surface area contributed by atoms with Gasteiger partial charge in [0.2, 0.25) is 21.8 Å². The van der Waals surface area contributed by atoms with Crippen LogP contribution in [0, 0.1) is 5.82 Å². The maximum Gasteiger partial charge on any atom is 0.244 e. The largest absolute Gasteiger partial charge is 0.486 e. The SMILES string of the molecule is CC(C)NC(=O)C(Cc1ccccc1)N(Cc1ccc(F)cc1)C(=O)CN(c1ccc2c(c1)OCCO2)S(C)(=O)=O. The van der Waals surface area contributed by atoms with Crippen LogP contribution in [0.5, 0.6) is 11.5 Å². The lowest BCUT2D eigenvalue weighted by Crippen LogP contribution is -2.54. The Kier molecular flexibility index (Phi) is 9.49. The first kappa shape index (κ1) is 29.9. The molecular weight excluding hydrogens is 549 g/mol. The number of nitrogens with one attached hydrogen (secondary N) is 1. The summed E-state index contributed by atoms with van der Waals surface area (Å²) in [5, 5.41) is 2.89. The second-order valence-corrected chi connectivity index (χ2v) is 12.0. The second-order valence-electron chi connectivity index (χ2n) is 10.1. The molecule has 0 bridgehead atoms. The number of halogens is 1. The summed E-state index contributed by atoms with van der Waals surface area (Å²) in [6.45, 7) is 3.71. The number of hydrogen-bond donors (Lipinski definition) is 1. The highest BCUT2D eigenvalue weighted by atomic mass is 32.2. The number of ether oxygens (including phenoxy) is 2. The van der Waals surface area contributed by atoms with E-state index in [2.05, 4.69) is 5.32 Å². The number of benzene rings is 3. The summed E-state index contributed by atoms with van der Waals surface area (Å²) in [5.74, 6) is -0.576. The van der Waals surface area contributed by atoms with Gasteiger partial charge in [0.25, 0.3) is 0 Å². The lowest BCUT2D eigenvalue weighted by atomic mass is 10.0. The number of carbonyl (C=O) groups excluding carboxylic acids is 2. The van der Waals surface area contributed by atoms with Crippen LogP contribution in [0.3, 0.4) is 0 Å². The van der Waals surface area contributed by atoms with Gasteiger partial charge in [0.15, 0.2) is 11.5 Å². The molecular formula is C30H34FN3O6S. The lowest BCUT2D eigenvalue weighted by Gasteiger charge is -2.34. The van der Waals surface area contributed by atoms with Crippen LogP contribution in [0.2, 0.25) is 0 Å². The van der Waals surface area contributed by atoms with Gasteiger partial charge < -0.3 is 19.7 Å². The predicted molar refractivity (Wildman–Crippen MR) is 154 cm³/mol. The summed E-state index contributed by atoms with van der Waals surface area (Å²) in [5.41, 5.74) is 1.62. The highest BCUT2D eigenvalue weighted by molar-refractivity contribution is 7.92. The topological polar surface area (TPSA) is 105 Å². The molecule has 0 aromatic heterocycles. The van der Waals surface area contributed by atoms with Gasteiger partial charge >= 0.3 is 0 Å². The fourth-order valence-electron chi connectivity index (χ4n) is 4.52. The van der Waals surface area contributed by atoms with E-state index in [1.165, 1.54) is 35.2 Å². The molecule has 1 aliphatic rings. The predicted octanol–water partition coefficient (Wildman–Crippen LogP) is 3.53. The highest BCUT2D eigenvalue weighted by Gasteiger charge is 2.33. The molecule has 1 atom stereocenters. The van der Waals surface area contributed by atoms with E-state index in [1.807, 2.05) is 44.2 Å². The van der Waals surface area contributed by atoms with E-state index in [9.17, 15) is 22.4 Å². The van der Waals surface area contributed by atoms with Crippen LogP contribution in [-0.2, 0) is 32.6 Å². The van der Waals surface area contributed by atoms with E-state index in [4.69, 9.17) is 9.47 Å². The molecule has 4 rings (SSSR count). The minimum Gasteiger partial charge on any atom is -0.486 e. The maximum atomic E-state index is 14.1. The van der Waals surface area contributed by atoms with Crippen LogP contribution in [-0.4, -0.2) is 63.2 Å². The van der Waals surface area contributed by atoms with Gasteiger partial charge in [0.1, 0.15) is 31.6 Å². The van der Waals surface area contributed by atoms with Crippen molar-refractivity contribution in [2.45, 2.75) is 38.9 Å². The van der Waals surface area contributed by atoms with Crippen LogP contribution in [0.4, 0.5) is 10.1 Å². The normalized spacial score (nSPS) is 13.4. The van der Waals surface area contributed by atoms with Crippen molar-refractivity contribution in [3.8, 4) is 11.5 Å². The molecule has 3 aromatic carbocycles. The van der Waals surface area contributed by atoms with Crippen molar-refractivity contribution >= 4 is 27.5 Å². The van der Waals surface area contributed by atoms with Gasteiger partial charge in [-0.05, 0) is 49.2 Å². The molecule has 1 unspecified atom stereocenters. The number of nitrogens with zero attached hydrogens (tertiary/aromatic N) is 2. The van der Waals surface area contributed by atoms with Gasteiger partial charge in [0.05, 0.1) is 11.9 Å². The zero-order valence-corrected chi connectivity index (χ0v) is 24.1. The van der Waals surface area contributed by atoms with Crippen molar-refractivity contribution in [3.63, 3.8) is 0 Å². The first-order valence-electron chi connectivity index (χ1n) is 13.3. The van der Waals surface area contributed by atoms with E-state index >= 15 is 0 Å². The minimum absolute atomic E-state index is 0.0408. The fraction of sp³-hybridized carbons (Fsp3) is 0.333. The fourth-order valence-corrected chi connectivity index (χ4v) is 5.36. The summed E-state index contributed by atoms with van der Waals surface area (Å²) in [6, 6.07) is 18.3. The van der Waals surface area contributed by atoms with Crippen LogP contribution < -0.4 is 19.1 Å². The van der Waals surface area contributed by atoms with Crippen molar-refractivity contribution in [1.29, 1.82) is 0 Å². The second kappa shape index (κ2) is 13.0. The molecule has 9 nitrogen and oxygen atoms in total. The number of fused-ring (bicyclic) bond motifs is 1. The van der Waals surface area contributed by atoms with Gasteiger partial charge in [0, 0.05) is 25.1 Å². The number of hydrogen-bond acceptors (Lipinski definition) is 6. The van der Waals surface area contributed by atoms with Gasteiger partial charge in [-0.15, -0.1) is 0 Å². The Labute approximate surface area is 239 Å². The molecule has 0 fully saturated rings. The summed E-state index contributed by atoms with van der Waals surface area (Å²) >= 11 is 0. The third-order valence-electron chi connectivity index (χ3n) is 6.46. The number of sulfonamides is 1. The zero-order chi connectivity index (χ0) is 29.6. The molecule has 218 valence electrons. The van der Waals surface area contributed by atoms with Crippen molar-refractivity contribution in [2.75, 3.05) is 30.3 Å². The monoisotopic (exact) mass is 583 g/mol. The molecule has 0 radical (unpaired) electrons. The van der Waals surface area contributed by atoms with Crippen molar-refractivity contribution < 1.29 is 31.9 Å². The Balaban J connectivity index is 1.72. The molecule has 2 amide bonds. The van der Waals surface area contributed by atoms with Gasteiger partial charge in [-0.2, -0.15) is 0 Å². The maximum absolute atomic E-state index is 14.1. The molecule has 1 N–H and O–H groups in total. The number of carbonyl (C=O) groups is 2. The number of amides is 2. The Morgan fingerprint density at radius 2 is 1.59 bits per heavy atom. The Morgan fingerprint density at radius 1 is 0.927 bits per heavy atom. The van der Waals surface area contributed by atoms with Crippen LogP contribution >= 0.6 is 0 Å². The molecule has 41 heavy (non-hydrogen) atoms. The van der Waals surface area contributed by atoms with Crippen LogP contribution in [0.15, 0.2) is 72.8 Å². The van der Waals surface area contributed by atoms with Gasteiger partial charge in [-0.25, -0.2) is 12.8 Å². The Hall–Kier alpha value is -4.12. The van der Waals surface area contributed by atoms with Gasteiger partial charge in [-0.1, -0.05) is 42.5 Å². The van der Waals surface area contributed by atoms with E-state index in [0.717, 1.165) is 16.1 Å². The third-order valence-corrected chi connectivity index (χ3v) is 7.60. The summed E-state index contributed by atoms with van der Waals surface area (Å²) in [7, 11) is -3.94. The van der Waals surface area contributed by atoms with E-state index in [1.54, 1.807) is 12.1 Å². The van der Waals surface area contributed by atoms with E-state index in [0.29, 0.717) is 30.3 Å². The Bertz CT molecular complexity index is 1470. The van der Waals surface area contributed by atoms with Crippen LogP contribution in [0.25, 0.3) is 0 Å². The van der Waals surface area contributed by atoms with Gasteiger partial charge in [-0.3, -0.25) is 13.9 Å². The average Bonchev–Trinajstić information content (AvgIpc) is 2.93. The summed E-state index contributed by atoms with van der Waals surface area (Å²) < 4.78 is 51.7. The average molecular weight is 584 g/mol. The molecule has 0 aliphatic carbocycles. The first-order valence-corrected chi connectivity index (χ1v) is 15.1. The number of rotatable bonds is 11. The molecule has 0 saturated heterocycles. The molecule has 1 aliphatic heterocycles. The van der Waals surface area contributed by atoms with E-state index < -0.39 is 34.3 Å². The summed E-state index contributed by atoms with van der Waals surface area (Å²) in [4.78, 5) is 29.0. The third kappa shape index (κ3) is 7.97. The minimum atomic E-state index is -3.94. The molecule has 3 aromatic rings. The van der Waals surface area contributed by atoms with Crippen molar-refractivity contribution in [3.05, 3.63) is 89.7 Å². The molecule has 11 heteroatoms.